The number of nitrogens with zero attached hydrogens (tertiary/aromatic N) is 1. The fourth-order valence-corrected chi connectivity index (χ4v) is 3.09. The molecule has 0 fully saturated rings. The summed E-state index contributed by atoms with van der Waals surface area (Å²) in [6.45, 7) is 2.43. The Morgan fingerprint density at radius 3 is 2.48 bits per heavy atom. The van der Waals surface area contributed by atoms with E-state index in [1.165, 1.54) is 30.2 Å². The van der Waals surface area contributed by atoms with Gasteiger partial charge in [-0.15, -0.1) is 11.3 Å². The van der Waals surface area contributed by atoms with Crippen LogP contribution in [0.25, 0.3) is 11.3 Å². The molecule has 7 heteroatoms. The molecule has 0 aliphatic carbocycles. The van der Waals surface area contributed by atoms with Gasteiger partial charge in [-0.2, -0.15) is 13.2 Å². The summed E-state index contributed by atoms with van der Waals surface area (Å²) in [5.74, 6) is -0.131. The number of nitrogen functional groups attached to an aromatic ring is 1. The van der Waals surface area contributed by atoms with Gasteiger partial charge in [0.2, 0.25) is 0 Å². The van der Waals surface area contributed by atoms with Gasteiger partial charge in [-0.3, -0.25) is 0 Å². The van der Waals surface area contributed by atoms with Gasteiger partial charge in [0, 0.05) is 10.9 Å². The van der Waals surface area contributed by atoms with Crippen molar-refractivity contribution >= 4 is 16.5 Å². The van der Waals surface area contributed by atoms with Gasteiger partial charge < -0.3 is 10.5 Å². The number of hydrogen-bond acceptors (Lipinski definition) is 4. The van der Waals surface area contributed by atoms with Gasteiger partial charge in [-0.1, -0.05) is 39.0 Å². The van der Waals surface area contributed by atoms with E-state index >= 15 is 0 Å². The quantitative estimate of drug-likeness (QED) is 0.537. The van der Waals surface area contributed by atoms with Crippen molar-refractivity contribution in [1.82, 2.24) is 4.98 Å². The van der Waals surface area contributed by atoms with E-state index in [4.69, 9.17) is 10.5 Å². The molecule has 25 heavy (non-hydrogen) atoms. The molecule has 0 spiro atoms. The molecule has 2 N–H and O–H groups in total. The summed E-state index contributed by atoms with van der Waals surface area (Å²) < 4.78 is 45.4. The van der Waals surface area contributed by atoms with Gasteiger partial charge in [-0.25, -0.2) is 4.98 Å². The summed E-state index contributed by atoms with van der Waals surface area (Å²) in [7, 11) is 0. The lowest BCUT2D eigenvalue weighted by molar-refractivity contribution is -0.138. The topological polar surface area (TPSA) is 48.1 Å². The zero-order valence-corrected chi connectivity index (χ0v) is 15.1. The molecule has 0 saturated heterocycles. The first kappa shape index (κ1) is 19.6. The van der Waals surface area contributed by atoms with Crippen LogP contribution in [0.1, 0.15) is 51.0 Å². The van der Waals surface area contributed by atoms with Crippen LogP contribution in [0, 0.1) is 0 Å². The number of unbranched alkanes of at least 4 members (excludes halogenated alkanes) is 5. The van der Waals surface area contributed by atoms with Crippen molar-refractivity contribution in [3.8, 4) is 17.0 Å². The first-order valence-corrected chi connectivity index (χ1v) is 9.35. The number of nitrogens with two attached hydrogens (primary N) is 1. The highest BCUT2D eigenvalue weighted by molar-refractivity contribution is 7.13. The standard InChI is InChI=1S/C18H23F3N2OS/c1-2-3-4-5-6-7-10-24-16-9-8-13(11-14(16)18(19,20)21)15-12-25-17(22)23-15/h8-9,11-12H,2-7,10H2,1H3,(H2,22,23). The molecule has 1 heterocycles. The third-order valence-electron chi connectivity index (χ3n) is 3.86. The van der Waals surface area contributed by atoms with E-state index in [9.17, 15) is 13.2 Å². The molecule has 2 aromatic rings. The fraction of sp³-hybridized carbons (Fsp3) is 0.500. The Morgan fingerprint density at radius 1 is 1.12 bits per heavy atom. The van der Waals surface area contributed by atoms with Crippen LogP contribution in [0.15, 0.2) is 23.6 Å². The molecule has 0 unspecified atom stereocenters. The number of thiazole rings is 1. The second-order valence-corrected chi connectivity index (χ2v) is 6.79. The Hall–Kier alpha value is -1.76. The van der Waals surface area contributed by atoms with Gasteiger partial charge in [0.1, 0.15) is 5.75 Å². The lowest BCUT2D eigenvalue weighted by atomic mass is 10.1. The predicted octanol–water partition coefficient (Wildman–Crippen LogP) is 6.15. The SMILES string of the molecule is CCCCCCCCOc1ccc(-c2csc(N)n2)cc1C(F)(F)F. The number of halogens is 3. The van der Waals surface area contributed by atoms with E-state index in [1.807, 2.05) is 0 Å². The molecule has 0 amide bonds. The molecule has 2 rings (SSSR count). The zero-order chi connectivity index (χ0) is 18.3. The van der Waals surface area contributed by atoms with E-state index in [-0.39, 0.29) is 12.4 Å². The van der Waals surface area contributed by atoms with E-state index in [0.717, 1.165) is 31.7 Å². The molecular formula is C18H23F3N2OS. The number of anilines is 1. The molecule has 1 aromatic heterocycles. The molecular weight excluding hydrogens is 349 g/mol. The number of alkyl halides is 3. The molecule has 0 radical (unpaired) electrons. The minimum absolute atomic E-state index is 0.131. The highest BCUT2D eigenvalue weighted by atomic mass is 32.1. The lowest BCUT2D eigenvalue weighted by Gasteiger charge is -2.15. The maximum absolute atomic E-state index is 13.3. The fourth-order valence-electron chi connectivity index (χ4n) is 2.52. The van der Waals surface area contributed by atoms with E-state index in [0.29, 0.717) is 16.4 Å². The number of rotatable bonds is 9. The van der Waals surface area contributed by atoms with E-state index in [2.05, 4.69) is 11.9 Å². The van der Waals surface area contributed by atoms with Crippen molar-refractivity contribution < 1.29 is 17.9 Å². The Kier molecular flexibility index (Phi) is 7.11. The van der Waals surface area contributed by atoms with Crippen molar-refractivity contribution in [2.45, 2.75) is 51.6 Å². The van der Waals surface area contributed by atoms with Crippen LogP contribution in [-0.4, -0.2) is 11.6 Å². The van der Waals surface area contributed by atoms with Gasteiger partial charge in [0.05, 0.1) is 17.9 Å². The third-order valence-corrected chi connectivity index (χ3v) is 4.53. The largest absolute Gasteiger partial charge is 0.493 e. The summed E-state index contributed by atoms with van der Waals surface area (Å²) in [4.78, 5) is 4.03. The summed E-state index contributed by atoms with van der Waals surface area (Å²) >= 11 is 1.20. The van der Waals surface area contributed by atoms with Crippen molar-refractivity contribution in [3.63, 3.8) is 0 Å². The molecule has 0 aliphatic heterocycles. The molecule has 0 aliphatic rings. The van der Waals surface area contributed by atoms with Crippen molar-refractivity contribution in [2.75, 3.05) is 12.3 Å². The van der Waals surface area contributed by atoms with E-state index < -0.39 is 11.7 Å². The second-order valence-electron chi connectivity index (χ2n) is 5.90. The average molecular weight is 372 g/mol. The van der Waals surface area contributed by atoms with Gasteiger partial charge in [0.25, 0.3) is 0 Å². The van der Waals surface area contributed by atoms with Crippen LogP contribution in [0.3, 0.4) is 0 Å². The number of aromatic nitrogens is 1. The molecule has 1 aromatic carbocycles. The number of benzene rings is 1. The van der Waals surface area contributed by atoms with Gasteiger partial charge >= 0.3 is 6.18 Å². The third kappa shape index (κ3) is 5.92. The Morgan fingerprint density at radius 2 is 1.84 bits per heavy atom. The van der Waals surface area contributed by atoms with E-state index in [1.54, 1.807) is 11.4 Å². The predicted molar refractivity (Wildman–Crippen MR) is 95.8 cm³/mol. The molecule has 0 saturated carbocycles. The molecule has 3 nitrogen and oxygen atoms in total. The summed E-state index contributed by atoms with van der Waals surface area (Å²) in [6, 6.07) is 4.02. The second kappa shape index (κ2) is 9.08. The maximum atomic E-state index is 13.3. The smallest absolute Gasteiger partial charge is 0.419 e. The molecule has 138 valence electrons. The highest BCUT2D eigenvalue weighted by Gasteiger charge is 2.35. The normalized spacial score (nSPS) is 11.7. The number of ether oxygens (including phenoxy) is 1. The zero-order valence-electron chi connectivity index (χ0n) is 14.2. The van der Waals surface area contributed by atoms with Gasteiger partial charge in [0.15, 0.2) is 5.13 Å². The first-order chi connectivity index (χ1) is 11.9. The van der Waals surface area contributed by atoms with Crippen LogP contribution in [0.5, 0.6) is 5.75 Å². The monoisotopic (exact) mass is 372 g/mol. The summed E-state index contributed by atoms with van der Waals surface area (Å²) in [5.41, 5.74) is 5.60. The van der Waals surface area contributed by atoms with Crippen molar-refractivity contribution in [3.05, 3.63) is 29.1 Å². The Balaban J connectivity index is 2.02. The first-order valence-electron chi connectivity index (χ1n) is 8.47. The molecule has 0 atom stereocenters. The maximum Gasteiger partial charge on any atom is 0.419 e. The summed E-state index contributed by atoms with van der Waals surface area (Å²) in [5, 5.41) is 1.97. The van der Waals surface area contributed by atoms with Gasteiger partial charge in [-0.05, 0) is 24.6 Å². The Bertz CT molecular complexity index is 671. The van der Waals surface area contributed by atoms with Crippen LogP contribution >= 0.6 is 11.3 Å². The molecule has 0 bridgehead atoms. The van der Waals surface area contributed by atoms with Crippen LogP contribution in [0.4, 0.5) is 18.3 Å². The van der Waals surface area contributed by atoms with Crippen LogP contribution < -0.4 is 10.5 Å². The Labute approximate surface area is 150 Å². The highest BCUT2D eigenvalue weighted by Crippen LogP contribution is 2.39. The van der Waals surface area contributed by atoms with Crippen LogP contribution in [0.2, 0.25) is 0 Å². The lowest BCUT2D eigenvalue weighted by Crippen LogP contribution is -2.09. The minimum Gasteiger partial charge on any atom is -0.493 e. The average Bonchev–Trinajstić information content (AvgIpc) is 2.99. The van der Waals surface area contributed by atoms with Crippen molar-refractivity contribution in [1.29, 1.82) is 0 Å². The van der Waals surface area contributed by atoms with Crippen molar-refractivity contribution in [2.24, 2.45) is 0 Å². The number of hydrogen-bond donors (Lipinski definition) is 1. The minimum atomic E-state index is -4.48. The summed E-state index contributed by atoms with van der Waals surface area (Å²) in [6.07, 6.45) is 1.87. The van der Waals surface area contributed by atoms with Crippen LogP contribution in [-0.2, 0) is 6.18 Å².